The zero-order valence-corrected chi connectivity index (χ0v) is 14.8. The number of nitrogens with one attached hydrogen (secondary N) is 2. The van der Waals surface area contributed by atoms with Crippen molar-refractivity contribution in [3.05, 3.63) is 89.7 Å². The minimum Gasteiger partial charge on any atom is -0.457 e. The fourth-order valence-corrected chi connectivity index (χ4v) is 2.52. The lowest BCUT2D eigenvalue weighted by Crippen LogP contribution is -2.41. The van der Waals surface area contributed by atoms with Gasteiger partial charge >= 0.3 is 0 Å². The Labute approximate surface area is 157 Å². The second-order valence-corrected chi connectivity index (χ2v) is 5.73. The minimum absolute atomic E-state index is 0.349. The van der Waals surface area contributed by atoms with Crippen LogP contribution in [0.4, 0.5) is 0 Å². The van der Waals surface area contributed by atoms with Gasteiger partial charge in [-0.15, -0.1) is 0 Å². The number of aromatic nitrogens is 1. The van der Waals surface area contributed by atoms with Gasteiger partial charge in [0.1, 0.15) is 11.5 Å². The molecule has 0 radical (unpaired) electrons. The normalized spacial score (nSPS) is 10.1. The smallest absolute Gasteiger partial charge is 0.269 e. The molecule has 0 unspecified atom stereocenters. The van der Waals surface area contributed by atoms with Crippen LogP contribution in [0, 0.1) is 0 Å². The third-order valence-corrected chi connectivity index (χ3v) is 3.93. The Morgan fingerprint density at radius 1 is 0.852 bits per heavy atom. The molecule has 6 heteroatoms. The number of nitrogens with zero attached hydrogens (tertiary/aromatic N) is 1. The molecule has 0 aliphatic rings. The van der Waals surface area contributed by atoms with Gasteiger partial charge in [0.05, 0.1) is 0 Å². The van der Waals surface area contributed by atoms with Gasteiger partial charge in [-0.05, 0) is 54.4 Å². The first-order chi connectivity index (χ1) is 13.2. The number of pyridine rings is 1. The van der Waals surface area contributed by atoms with Gasteiger partial charge in [0, 0.05) is 23.5 Å². The summed E-state index contributed by atoms with van der Waals surface area (Å²) in [6, 6.07) is 17.4. The topological polar surface area (TPSA) is 80.3 Å². The lowest BCUT2D eigenvalue weighted by atomic mass is 10.1. The molecule has 27 heavy (non-hydrogen) atoms. The lowest BCUT2D eigenvalue weighted by molar-refractivity contribution is 0.0846. The molecule has 0 fully saturated rings. The number of hydrogen-bond acceptors (Lipinski definition) is 4. The van der Waals surface area contributed by atoms with Crippen molar-refractivity contribution in [1.29, 1.82) is 0 Å². The van der Waals surface area contributed by atoms with Crippen LogP contribution in [0.15, 0.2) is 73.1 Å². The van der Waals surface area contributed by atoms with E-state index in [1.165, 1.54) is 0 Å². The highest BCUT2D eigenvalue weighted by Crippen LogP contribution is 2.20. The summed E-state index contributed by atoms with van der Waals surface area (Å²) in [4.78, 5) is 28.4. The van der Waals surface area contributed by atoms with Gasteiger partial charge < -0.3 is 4.74 Å². The van der Waals surface area contributed by atoms with Gasteiger partial charge in [0.2, 0.25) is 0 Å². The van der Waals surface area contributed by atoms with E-state index in [0.717, 1.165) is 12.0 Å². The zero-order valence-electron chi connectivity index (χ0n) is 14.8. The van der Waals surface area contributed by atoms with E-state index in [0.29, 0.717) is 22.6 Å². The summed E-state index contributed by atoms with van der Waals surface area (Å²) in [5.74, 6) is 0.494. The van der Waals surface area contributed by atoms with Crippen LogP contribution in [0.3, 0.4) is 0 Å². The number of rotatable bonds is 5. The number of hydrogen-bond donors (Lipinski definition) is 2. The van der Waals surface area contributed by atoms with Crippen molar-refractivity contribution < 1.29 is 14.3 Å². The number of carbonyl (C=O) groups is 2. The van der Waals surface area contributed by atoms with Crippen LogP contribution in [0.1, 0.15) is 33.2 Å². The van der Waals surface area contributed by atoms with Gasteiger partial charge in [-0.2, -0.15) is 0 Å². The molecular weight excluding hydrogens is 342 g/mol. The van der Waals surface area contributed by atoms with Gasteiger partial charge in [-0.25, -0.2) is 0 Å². The Bertz CT molecular complexity index is 925. The van der Waals surface area contributed by atoms with Crippen molar-refractivity contribution in [2.75, 3.05) is 0 Å². The molecule has 3 aromatic rings. The van der Waals surface area contributed by atoms with Crippen LogP contribution in [0.25, 0.3) is 0 Å². The molecule has 136 valence electrons. The molecular formula is C21H19N3O3. The van der Waals surface area contributed by atoms with Crippen LogP contribution < -0.4 is 15.6 Å². The minimum atomic E-state index is -0.409. The first-order valence-electron chi connectivity index (χ1n) is 8.54. The van der Waals surface area contributed by atoms with E-state index in [4.69, 9.17) is 4.74 Å². The molecule has 0 atom stereocenters. The first kappa shape index (κ1) is 18.1. The average molecular weight is 361 g/mol. The molecule has 3 rings (SSSR count). The van der Waals surface area contributed by atoms with E-state index in [2.05, 4.69) is 15.8 Å². The molecule has 1 aromatic heterocycles. The number of hydrazine groups is 1. The Kier molecular flexibility index (Phi) is 5.79. The highest BCUT2D eigenvalue weighted by molar-refractivity contribution is 5.99. The van der Waals surface area contributed by atoms with E-state index < -0.39 is 5.91 Å². The summed E-state index contributed by atoms with van der Waals surface area (Å²) in [5, 5.41) is 0. The van der Waals surface area contributed by atoms with Crippen molar-refractivity contribution in [1.82, 2.24) is 15.8 Å². The summed E-state index contributed by atoms with van der Waals surface area (Å²) in [7, 11) is 0. The molecule has 0 saturated carbocycles. The molecule has 0 aliphatic carbocycles. The van der Waals surface area contributed by atoms with Gasteiger partial charge in [0.15, 0.2) is 0 Å². The number of amides is 2. The maximum atomic E-state index is 12.3. The molecule has 0 aliphatic heterocycles. The summed E-state index contributed by atoms with van der Waals surface area (Å²) < 4.78 is 5.65. The maximum Gasteiger partial charge on any atom is 0.269 e. The molecule has 2 N–H and O–H groups in total. The first-order valence-corrected chi connectivity index (χ1v) is 8.54. The van der Waals surface area contributed by atoms with Crippen molar-refractivity contribution >= 4 is 11.8 Å². The Balaban J connectivity index is 1.59. The fraction of sp³-hybridized carbons (Fsp3) is 0.0952. The summed E-state index contributed by atoms with van der Waals surface area (Å²) in [6.07, 6.45) is 4.00. The third kappa shape index (κ3) is 4.70. The molecule has 1 heterocycles. The predicted molar refractivity (Wildman–Crippen MR) is 102 cm³/mol. The van der Waals surface area contributed by atoms with Crippen LogP contribution in [-0.4, -0.2) is 16.8 Å². The number of ether oxygens (including phenoxy) is 1. The van der Waals surface area contributed by atoms with Crippen LogP contribution in [0.2, 0.25) is 0 Å². The molecule has 2 aromatic carbocycles. The second kappa shape index (κ2) is 8.62. The molecule has 6 nitrogen and oxygen atoms in total. The summed E-state index contributed by atoms with van der Waals surface area (Å²) in [6.45, 7) is 1.97. The van der Waals surface area contributed by atoms with E-state index in [1.54, 1.807) is 60.9 Å². The quantitative estimate of drug-likeness (QED) is 0.682. The van der Waals surface area contributed by atoms with Crippen molar-refractivity contribution in [3.8, 4) is 11.5 Å². The van der Waals surface area contributed by atoms with Crippen LogP contribution >= 0.6 is 0 Å². The molecule has 0 saturated heterocycles. The van der Waals surface area contributed by atoms with E-state index in [1.807, 2.05) is 19.1 Å². The average Bonchev–Trinajstić information content (AvgIpc) is 2.73. The maximum absolute atomic E-state index is 12.3. The number of benzene rings is 2. The lowest BCUT2D eigenvalue weighted by Gasteiger charge is -2.10. The number of carbonyl (C=O) groups excluding carboxylic acids is 2. The Morgan fingerprint density at radius 2 is 1.48 bits per heavy atom. The van der Waals surface area contributed by atoms with Crippen LogP contribution in [-0.2, 0) is 6.42 Å². The fourth-order valence-electron chi connectivity index (χ4n) is 2.52. The van der Waals surface area contributed by atoms with Gasteiger partial charge in [-0.1, -0.05) is 25.1 Å². The van der Waals surface area contributed by atoms with Gasteiger partial charge in [0.25, 0.3) is 11.8 Å². The highest BCUT2D eigenvalue weighted by Gasteiger charge is 2.12. The predicted octanol–water partition coefficient (Wildman–Crippen LogP) is 3.51. The molecule has 0 spiro atoms. The van der Waals surface area contributed by atoms with Crippen LogP contribution in [0.5, 0.6) is 11.5 Å². The summed E-state index contributed by atoms with van der Waals surface area (Å²) >= 11 is 0. The van der Waals surface area contributed by atoms with Crippen molar-refractivity contribution in [2.45, 2.75) is 13.3 Å². The number of aryl methyl sites for hydroxylation is 1. The summed E-state index contributed by atoms with van der Waals surface area (Å²) in [5.41, 5.74) is 6.75. The van der Waals surface area contributed by atoms with Crippen molar-refractivity contribution in [2.24, 2.45) is 0 Å². The monoisotopic (exact) mass is 361 g/mol. The zero-order chi connectivity index (χ0) is 19.1. The van der Waals surface area contributed by atoms with Gasteiger partial charge in [-0.3, -0.25) is 25.4 Å². The molecule has 2 amide bonds. The highest BCUT2D eigenvalue weighted by atomic mass is 16.5. The van der Waals surface area contributed by atoms with E-state index in [-0.39, 0.29) is 5.91 Å². The largest absolute Gasteiger partial charge is 0.457 e. The SMILES string of the molecule is CCc1ccccc1C(=O)NNC(=O)c1ccc(Oc2ccncc2)cc1. The Morgan fingerprint density at radius 3 is 2.19 bits per heavy atom. The third-order valence-electron chi connectivity index (χ3n) is 3.93. The Hall–Kier alpha value is -3.67. The van der Waals surface area contributed by atoms with E-state index in [9.17, 15) is 9.59 Å². The standard InChI is InChI=1S/C21H19N3O3/c1-2-15-5-3-4-6-19(15)21(26)24-23-20(25)16-7-9-17(10-8-16)27-18-11-13-22-14-12-18/h3-14H,2H2,1H3,(H,23,25)(H,24,26). The second-order valence-electron chi connectivity index (χ2n) is 5.73. The molecule has 0 bridgehead atoms. The van der Waals surface area contributed by atoms with Crippen molar-refractivity contribution in [3.63, 3.8) is 0 Å². The van der Waals surface area contributed by atoms with E-state index >= 15 is 0 Å².